The summed E-state index contributed by atoms with van der Waals surface area (Å²) in [6.45, 7) is 4.51. The molecule has 0 aromatic carbocycles. The zero-order valence-corrected chi connectivity index (χ0v) is 8.55. The van der Waals surface area contributed by atoms with Gasteiger partial charge in [-0.2, -0.15) is 0 Å². The maximum atomic E-state index is 10.7. The fourth-order valence-electron chi connectivity index (χ4n) is 0.986. The van der Waals surface area contributed by atoms with E-state index in [0.29, 0.717) is 18.1 Å². The van der Waals surface area contributed by atoms with Crippen molar-refractivity contribution < 1.29 is 14.6 Å². The van der Waals surface area contributed by atoms with Crippen LogP contribution >= 0.6 is 11.3 Å². The summed E-state index contributed by atoms with van der Waals surface area (Å²) < 4.78 is 5.28. The Morgan fingerprint density at radius 3 is 3.14 bits per heavy atom. The predicted molar refractivity (Wildman–Crippen MR) is 55.7 cm³/mol. The molecule has 1 aromatic heterocycles. The lowest BCUT2D eigenvalue weighted by atomic mass is 10.3. The Hall–Kier alpha value is -1.13. The standard InChI is InChI=1S/C10H12O3S/c1-2-3-5-13-7-8-4-6-14-9(8)10(11)12/h2,4,6H,1,3,5,7H2,(H,11,12). The van der Waals surface area contributed by atoms with Crippen LogP contribution < -0.4 is 0 Å². The van der Waals surface area contributed by atoms with Crippen LogP contribution in [0.5, 0.6) is 0 Å². The van der Waals surface area contributed by atoms with E-state index in [9.17, 15) is 4.79 Å². The van der Waals surface area contributed by atoms with Gasteiger partial charge in [-0.15, -0.1) is 17.9 Å². The van der Waals surface area contributed by atoms with E-state index < -0.39 is 5.97 Å². The third kappa shape index (κ3) is 2.97. The summed E-state index contributed by atoms with van der Waals surface area (Å²) in [6.07, 6.45) is 2.55. The van der Waals surface area contributed by atoms with Crippen molar-refractivity contribution in [3.8, 4) is 0 Å². The van der Waals surface area contributed by atoms with Crippen LogP contribution in [-0.4, -0.2) is 17.7 Å². The lowest BCUT2D eigenvalue weighted by molar-refractivity contribution is 0.0694. The van der Waals surface area contributed by atoms with Gasteiger partial charge < -0.3 is 9.84 Å². The number of carboxylic acids is 1. The third-order valence-corrected chi connectivity index (χ3v) is 2.61. The number of thiophene rings is 1. The SMILES string of the molecule is C=CCCOCc1ccsc1C(=O)O. The van der Waals surface area contributed by atoms with E-state index >= 15 is 0 Å². The van der Waals surface area contributed by atoms with E-state index in [1.54, 1.807) is 17.5 Å². The van der Waals surface area contributed by atoms with Crippen LogP contribution in [0.4, 0.5) is 0 Å². The molecule has 0 spiro atoms. The smallest absolute Gasteiger partial charge is 0.346 e. The molecule has 0 amide bonds. The molecule has 0 atom stereocenters. The molecule has 0 saturated carbocycles. The molecule has 0 unspecified atom stereocenters. The molecule has 1 aromatic rings. The maximum absolute atomic E-state index is 10.7. The molecule has 3 nitrogen and oxygen atoms in total. The Kier molecular flexibility index (Phi) is 4.35. The molecule has 0 radical (unpaired) electrons. The summed E-state index contributed by atoms with van der Waals surface area (Å²) in [5.41, 5.74) is 0.742. The highest BCUT2D eigenvalue weighted by atomic mass is 32.1. The quantitative estimate of drug-likeness (QED) is 0.582. The summed E-state index contributed by atoms with van der Waals surface area (Å²) in [5.74, 6) is -0.887. The summed E-state index contributed by atoms with van der Waals surface area (Å²) >= 11 is 1.22. The minimum Gasteiger partial charge on any atom is -0.477 e. The van der Waals surface area contributed by atoms with Gasteiger partial charge in [0, 0.05) is 5.56 Å². The third-order valence-electron chi connectivity index (χ3n) is 1.66. The molecule has 1 heterocycles. The van der Waals surface area contributed by atoms with E-state index in [0.717, 1.165) is 12.0 Å². The van der Waals surface area contributed by atoms with Gasteiger partial charge in [0.25, 0.3) is 0 Å². The van der Waals surface area contributed by atoms with Gasteiger partial charge in [0.2, 0.25) is 0 Å². The molecule has 0 bridgehead atoms. The Morgan fingerprint density at radius 1 is 1.71 bits per heavy atom. The second-order valence-electron chi connectivity index (χ2n) is 2.71. The lowest BCUT2D eigenvalue weighted by Gasteiger charge is -2.01. The first-order chi connectivity index (χ1) is 6.75. The molecule has 1 rings (SSSR count). The van der Waals surface area contributed by atoms with E-state index in [1.165, 1.54) is 11.3 Å². The first-order valence-electron chi connectivity index (χ1n) is 4.24. The molecule has 4 heteroatoms. The molecule has 0 aliphatic heterocycles. The second-order valence-corrected chi connectivity index (χ2v) is 3.63. The summed E-state index contributed by atoms with van der Waals surface area (Å²) in [6, 6.07) is 1.78. The van der Waals surface area contributed by atoms with Gasteiger partial charge in [-0.1, -0.05) is 6.08 Å². The highest BCUT2D eigenvalue weighted by Crippen LogP contribution is 2.17. The fourth-order valence-corrected chi connectivity index (χ4v) is 1.73. The van der Waals surface area contributed by atoms with Gasteiger partial charge in [0.05, 0.1) is 13.2 Å². The molecule has 14 heavy (non-hydrogen) atoms. The summed E-state index contributed by atoms with van der Waals surface area (Å²) in [5, 5.41) is 10.6. The van der Waals surface area contributed by atoms with Gasteiger partial charge in [-0.05, 0) is 17.9 Å². The Balaban J connectivity index is 2.45. The van der Waals surface area contributed by atoms with Crippen molar-refractivity contribution in [1.82, 2.24) is 0 Å². The van der Waals surface area contributed by atoms with Crippen molar-refractivity contribution >= 4 is 17.3 Å². The van der Waals surface area contributed by atoms with Crippen LogP contribution in [0.3, 0.4) is 0 Å². The van der Waals surface area contributed by atoms with E-state index in [-0.39, 0.29) is 0 Å². The van der Waals surface area contributed by atoms with Gasteiger partial charge in [0.15, 0.2) is 0 Å². The molecule has 1 N–H and O–H groups in total. The van der Waals surface area contributed by atoms with E-state index in [2.05, 4.69) is 6.58 Å². The zero-order chi connectivity index (χ0) is 10.4. The molecule has 76 valence electrons. The molecular formula is C10H12O3S. The fraction of sp³-hybridized carbons (Fsp3) is 0.300. The van der Waals surface area contributed by atoms with Crippen LogP contribution in [0.25, 0.3) is 0 Å². The number of rotatable bonds is 6. The average molecular weight is 212 g/mol. The van der Waals surface area contributed by atoms with Crippen molar-refractivity contribution in [2.75, 3.05) is 6.61 Å². The van der Waals surface area contributed by atoms with Gasteiger partial charge >= 0.3 is 5.97 Å². The topological polar surface area (TPSA) is 46.5 Å². The second kappa shape index (κ2) is 5.57. The normalized spacial score (nSPS) is 10.0. The number of hydrogen-bond acceptors (Lipinski definition) is 3. The number of carbonyl (C=O) groups is 1. The highest BCUT2D eigenvalue weighted by Gasteiger charge is 2.10. The summed E-state index contributed by atoms with van der Waals surface area (Å²) in [4.78, 5) is 11.1. The number of hydrogen-bond donors (Lipinski definition) is 1. The minimum absolute atomic E-state index is 0.360. The van der Waals surface area contributed by atoms with Gasteiger partial charge in [0.1, 0.15) is 4.88 Å². The van der Waals surface area contributed by atoms with E-state index in [1.807, 2.05) is 0 Å². The summed E-state index contributed by atoms with van der Waals surface area (Å²) in [7, 11) is 0. The first kappa shape index (κ1) is 10.9. The maximum Gasteiger partial charge on any atom is 0.346 e. The average Bonchev–Trinajstić information content (AvgIpc) is 2.60. The lowest BCUT2D eigenvalue weighted by Crippen LogP contribution is -2.00. The Labute approximate surface area is 86.6 Å². The van der Waals surface area contributed by atoms with Crippen LogP contribution in [0, 0.1) is 0 Å². The van der Waals surface area contributed by atoms with Crippen LogP contribution in [-0.2, 0) is 11.3 Å². The molecule has 0 fully saturated rings. The van der Waals surface area contributed by atoms with Crippen molar-refractivity contribution in [3.05, 3.63) is 34.5 Å². The van der Waals surface area contributed by atoms with Crippen LogP contribution in [0.1, 0.15) is 21.7 Å². The van der Waals surface area contributed by atoms with Gasteiger partial charge in [-0.3, -0.25) is 0 Å². The molecule has 0 saturated heterocycles. The Morgan fingerprint density at radius 2 is 2.50 bits per heavy atom. The van der Waals surface area contributed by atoms with E-state index in [4.69, 9.17) is 9.84 Å². The van der Waals surface area contributed by atoms with Crippen molar-refractivity contribution in [1.29, 1.82) is 0 Å². The van der Waals surface area contributed by atoms with Crippen LogP contribution in [0.15, 0.2) is 24.1 Å². The highest BCUT2D eigenvalue weighted by molar-refractivity contribution is 7.12. The first-order valence-corrected chi connectivity index (χ1v) is 5.12. The zero-order valence-electron chi connectivity index (χ0n) is 7.73. The Bertz CT molecular complexity index is 317. The molecule has 0 aliphatic rings. The van der Waals surface area contributed by atoms with Crippen LogP contribution in [0.2, 0.25) is 0 Å². The monoisotopic (exact) mass is 212 g/mol. The van der Waals surface area contributed by atoms with Gasteiger partial charge in [-0.25, -0.2) is 4.79 Å². The van der Waals surface area contributed by atoms with Crippen molar-refractivity contribution in [2.45, 2.75) is 13.0 Å². The van der Waals surface area contributed by atoms with Crippen molar-refractivity contribution in [3.63, 3.8) is 0 Å². The minimum atomic E-state index is -0.887. The predicted octanol–water partition coefficient (Wildman–Crippen LogP) is 2.54. The number of ether oxygens (including phenoxy) is 1. The number of aromatic carboxylic acids is 1. The van der Waals surface area contributed by atoms with Crippen molar-refractivity contribution in [2.24, 2.45) is 0 Å². The largest absolute Gasteiger partial charge is 0.477 e. The number of carboxylic acid groups (broad SMARTS) is 1. The molecular weight excluding hydrogens is 200 g/mol. The molecule has 0 aliphatic carbocycles.